The zero-order chi connectivity index (χ0) is 24.8. The summed E-state index contributed by atoms with van der Waals surface area (Å²) in [5, 5.41) is 16.4. The van der Waals surface area contributed by atoms with Gasteiger partial charge in [0.05, 0.1) is 18.3 Å². The quantitative estimate of drug-likeness (QED) is 0.471. The van der Waals surface area contributed by atoms with Gasteiger partial charge >= 0.3 is 0 Å². The van der Waals surface area contributed by atoms with Crippen molar-refractivity contribution in [2.45, 2.75) is 97.1 Å². The highest BCUT2D eigenvalue weighted by atomic mass is 16.3. The smallest absolute Gasteiger partial charge is 0.157 e. The molecule has 3 aliphatic rings. The third kappa shape index (κ3) is 4.73. The lowest BCUT2D eigenvalue weighted by molar-refractivity contribution is -0.129. The van der Waals surface area contributed by atoms with E-state index in [0.717, 1.165) is 62.3 Å². The number of aromatic nitrogens is 3. The number of allylic oxidation sites excluding steroid dienone is 1. The van der Waals surface area contributed by atoms with Crippen LogP contribution in [-0.4, -0.2) is 31.3 Å². The zero-order valence-electron chi connectivity index (χ0n) is 21.9. The fourth-order valence-electron chi connectivity index (χ4n) is 8.54. The Morgan fingerprint density at radius 2 is 2.06 bits per heavy atom. The van der Waals surface area contributed by atoms with Gasteiger partial charge in [0, 0.05) is 23.7 Å². The highest BCUT2D eigenvalue weighted by Gasteiger charge is 2.55. The molecule has 0 aliphatic heterocycles. The van der Waals surface area contributed by atoms with Crippen molar-refractivity contribution in [1.29, 1.82) is 0 Å². The standard InChI is InChI=1S/C30H43N3O2/c1-5-21-9-15-30(4)24(23(21)10-14-28(2)12-6-13-29(3,35)20-28)7-8-25(30)27(34)19-33-18-22-11-16-31-17-26(22)32-33/h5,11,16-18,21,23-25,35H,1,6-10,12-15,19-20H2,2-4H3/t21-,23+,24-,25+,28+,29+,30-/m0/s1. The van der Waals surface area contributed by atoms with E-state index in [1.165, 1.54) is 12.8 Å². The van der Waals surface area contributed by atoms with Gasteiger partial charge in [-0.1, -0.05) is 26.3 Å². The molecule has 0 aromatic carbocycles. The van der Waals surface area contributed by atoms with E-state index in [4.69, 9.17) is 0 Å². The number of hydrogen-bond donors (Lipinski definition) is 1. The second kappa shape index (κ2) is 9.14. The second-order valence-electron chi connectivity index (χ2n) is 12.9. The molecular formula is C30H43N3O2. The highest BCUT2D eigenvalue weighted by molar-refractivity contribution is 5.83. The predicted octanol–water partition coefficient (Wildman–Crippen LogP) is 6.36. The van der Waals surface area contributed by atoms with E-state index >= 15 is 0 Å². The Kier molecular flexibility index (Phi) is 6.44. The van der Waals surface area contributed by atoms with Crippen LogP contribution in [0.25, 0.3) is 10.9 Å². The van der Waals surface area contributed by atoms with Crippen LogP contribution < -0.4 is 0 Å². The van der Waals surface area contributed by atoms with Crippen LogP contribution in [-0.2, 0) is 11.3 Å². The van der Waals surface area contributed by atoms with Gasteiger partial charge in [-0.3, -0.25) is 14.5 Å². The third-order valence-electron chi connectivity index (χ3n) is 10.2. The molecule has 35 heavy (non-hydrogen) atoms. The lowest BCUT2D eigenvalue weighted by Crippen LogP contribution is -2.44. The number of ketones is 1. The van der Waals surface area contributed by atoms with Gasteiger partial charge in [-0.25, -0.2) is 0 Å². The summed E-state index contributed by atoms with van der Waals surface area (Å²) in [6.45, 7) is 11.4. The molecule has 0 unspecified atom stereocenters. The number of fused-ring (bicyclic) bond motifs is 2. The molecule has 0 radical (unpaired) electrons. The van der Waals surface area contributed by atoms with Gasteiger partial charge in [0.1, 0.15) is 5.52 Å². The molecule has 2 aromatic heterocycles. The average Bonchev–Trinajstić information content (AvgIpc) is 3.36. The zero-order valence-corrected chi connectivity index (χ0v) is 21.9. The molecule has 5 heteroatoms. The van der Waals surface area contributed by atoms with E-state index in [1.807, 2.05) is 23.9 Å². The number of aliphatic hydroxyl groups is 1. The Bertz CT molecular complexity index is 1060. The Labute approximate surface area is 210 Å². The van der Waals surface area contributed by atoms with Crippen molar-refractivity contribution in [2.24, 2.45) is 34.5 Å². The van der Waals surface area contributed by atoms with Crippen molar-refractivity contribution in [1.82, 2.24) is 14.8 Å². The molecule has 0 spiro atoms. The minimum absolute atomic E-state index is 0.0638. The predicted molar refractivity (Wildman–Crippen MR) is 140 cm³/mol. The third-order valence-corrected chi connectivity index (χ3v) is 10.2. The average molecular weight is 478 g/mol. The normalized spacial score (nSPS) is 39.4. The molecule has 2 aromatic rings. The van der Waals surface area contributed by atoms with Crippen LogP contribution >= 0.6 is 0 Å². The molecule has 2 heterocycles. The molecule has 190 valence electrons. The summed E-state index contributed by atoms with van der Waals surface area (Å²) >= 11 is 0. The van der Waals surface area contributed by atoms with Crippen LogP contribution in [0.15, 0.2) is 37.3 Å². The number of pyridine rings is 1. The van der Waals surface area contributed by atoms with E-state index in [9.17, 15) is 9.90 Å². The molecule has 5 rings (SSSR count). The molecule has 3 saturated carbocycles. The van der Waals surface area contributed by atoms with E-state index in [1.54, 1.807) is 12.4 Å². The van der Waals surface area contributed by atoms with Crippen molar-refractivity contribution < 1.29 is 9.90 Å². The Balaban J connectivity index is 1.30. The number of carbonyl (C=O) groups excluding carboxylic acids is 1. The van der Waals surface area contributed by atoms with Crippen LogP contribution in [0, 0.1) is 34.5 Å². The first-order chi connectivity index (χ1) is 16.6. The molecule has 0 saturated heterocycles. The van der Waals surface area contributed by atoms with Gasteiger partial charge in [0.25, 0.3) is 0 Å². The first-order valence-corrected chi connectivity index (χ1v) is 13.8. The van der Waals surface area contributed by atoms with Crippen LogP contribution in [0.5, 0.6) is 0 Å². The van der Waals surface area contributed by atoms with Crippen LogP contribution in [0.1, 0.15) is 85.0 Å². The number of rotatable bonds is 7. The van der Waals surface area contributed by atoms with E-state index in [-0.39, 0.29) is 16.7 Å². The van der Waals surface area contributed by atoms with Crippen molar-refractivity contribution in [3.63, 3.8) is 0 Å². The molecule has 7 atom stereocenters. The maximum absolute atomic E-state index is 13.6. The molecular weight excluding hydrogens is 434 g/mol. The summed E-state index contributed by atoms with van der Waals surface area (Å²) in [7, 11) is 0. The monoisotopic (exact) mass is 477 g/mol. The minimum atomic E-state index is -0.524. The summed E-state index contributed by atoms with van der Waals surface area (Å²) in [5.41, 5.74) is 0.600. The molecule has 3 aliphatic carbocycles. The van der Waals surface area contributed by atoms with Crippen molar-refractivity contribution >= 4 is 16.7 Å². The summed E-state index contributed by atoms with van der Waals surface area (Å²) < 4.78 is 1.81. The van der Waals surface area contributed by atoms with Gasteiger partial charge in [-0.15, -0.1) is 6.58 Å². The molecule has 0 bridgehead atoms. The van der Waals surface area contributed by atoms with Gasteiger partial charge in [-0.2, -0.15) is 5.10 Å². The SMILES string of the molecule is C=C[C@H]1CC[C@]2(C)[C@@H](C(=O)Cn3cc4ccncc4n3)CC[C@H]2[C@@H]1CC[C@@]1(C)CCC[C@@](C)(O)C1. The Hall–Kier alpha value is -2.01. The summed E-state index contributed by atoms with van der Waals surface area (Å²) in [5.74, 6) is 2.14. The van der Waals surface area contributed by atoms with Gasteiger partial charge in [0.2, 0.25) is 0 Å². The lowest BCUT2D eigenvalue weighted by atomic mass is 9.55. The second-order valence-corrected chi connectivity index (χ2v) is 12.9. The molecule has 1 N–H and O–H groups in total. The lowest BCUT2D eigenvalue weighted by Gasteiger charge is -2.49. The highest BCUT2D eigenvalue weighted by Crippen LogP contribution is 2.61. The van der Waals surface area contributed by atoms with Gasteiger partial charge in [0.15, 0.2) is 5.78 Å². The van der Waals surface area contributed by atoms with Crippen LogP contribution in [0.4, 0.5) is 0 Å². The Morgan fingerprint density at radius 1 is 1.23 bits per heavy atom. The van der Waals surface area contributed by atoms with Crippen LogP contribution in [0.3, 0.4) is 0 Å². The summed E-state index contributed by atoms with van der Waals surface area (Å²) in [6.07, 6.45) is 18.6. The minimum Gasteiger partial charge on any atom is -0.390 e. The Morgan fingerprint density at radius 3 is 2.80 bits per heavy atom. The molecule has 5 nitrogen and oxygen atoms in total. The first kappa shape index (κ1) is 24.7. The molecule has 3 fully saturated rings. The van der Waals surface area contributed by atoms with Crippen LogP contribution in [0.2, 0.25) is 0 Å². The van der Waals surface area contributed by atoms with Crippen molar-refractivity contribution in [3.05, 3.63) is 37.3 Å². The van der Waals surface area contributed by atoms with Crippen molar-refractivity contribution in [2.75, 3.05) is 0 Å². The first-order valence-electron chi connectivity index (χ1n) is 13.8. The number of carbonyl (C=O) groups is 1. The number of Topliss-reactive ketones (excluding diaryl/α,β-unsaturated/α-hetero) is 1. The summed E-state index contributed by atoms with van der Waals surface area (Å²) in [6, 6.07) is 1.95. The van der Waals surface area contributed by atoms with Crippen molar-refractivity contribution in [3.8, 4) is 0 Å². The topological polar surface area (TPSA) is 68.0 Å². The van der Waals surface area contributed by atoms with E-state index in [0.29, 0.717) is 30.1 Å². The van der Waals surface area contributed by atoms with Gasteiger partial charge in [-0.05, 0) is 99.4 Å². The molecule has 0 amide bonds. The fraction of sp³-hybridized carbons (Fsp3) is 0.700. The summed E-state index contributed by atoms with van der Waals surface area (Å²) in [4.78, 5) is 17.8. The van der Waals surface area contributed by atoms with Gasteiger partial charge < -0.3 is 5.11 Å². The maximum atomic E-state index is 13.6. The van der Waals surface area contributed by atoms with E-state index in [2.05, 4.69) is 36.6 Å². The fourth-order valence-corrected chi connectivity index (χ4v) is 8.54. The largest absolute Gasteiger partial charge is 0.390 e. The number of hydrogen-bond acceptors (Lipinski definition) is 4. The maximum Gasteiger partial charge on any atom is 0.157 e. The van der Waals surface area contributed by atoms with E-state index < -0.39 is 5.60 Å². The number of nitrogens with zero attached hydrogens (tertiary/aromatic N) is 3.